The first-order chi connectivity index (χ1) is 5.15. The van der Waals surface area contributed by atoms with E-state index >= 15 is 0 Å². The Morgan fingerprint density at radius 1 is 1.36 bits per heavy atom. The van der Waals surface area contributed by atoms with E-state index in [0.717, 1.165) is 0 Å². The van der Waals surface area contributed by atoms with Crippen molar-refractivity contribution in [3.8, 4) is 12.3 Å². The van der Waals surface area contributed by atoms with E-state index in [9.17, 15) is 4.79 Å². The van der Waals surface area contributed by atoms with Crippen molar-refractivity contribution in [3.05, 3.63) is 0 Å². The zero-order chi connectivity index (χ0) is 8.43. The lowest BCUT2D eigenvalue weighted by Crippen LogP contribution is -2.39. The Morgan fingerprint density at radius 3 is 2.18 bits per heavy atom. The molecule has 2 unspecified atom stereocenters. The molecule has 0 aromatic rings. The van der Waals surface area contributed by atoms with Gasteiger partial charge in [-0.15, -0.1) is 6.42 Å². The van der Waals surface area contributed by atoms with Crippen molar-refractivity contribution in [1.29, 1.82) is 0 Å². The molecule has 1 aliphatic heterocycles. The Hall–Kier alpha value is -1.17. The highest BCUT2D eigenvalue weighted by atomic mass is 16.7. The van der Waals surface area contributed by atoms with Gasteiger partial charge in [-0.25, -0.2) is 4.79 Å². The van der Waals surface area contributed by atoms with Gasteiger partial charge >= 0.3 is 6.16 Å². The van der Waals surface area contributed by atoms with E-state index in [1.165, 1.54) is 0 Å². The summed E-state index contributed by atoms with van der Waals surface area (Å²) in [6, 6.07) is 0. The highest BCUT2D eigenvalue weighted by molar-refractivity contribution is 5.61. The highest BCUT2D eigenvalue weighted by Gasteiger charge is 2.33. The standard InChI is InChI=1S/C8H10O3/c1-4-7-5(2)10-8(9)11-6(7)3/h1,5-7H,2-3H3. The first kappa shape index (κ1) is 7.93. The minimum atomic E-state index is -0.628. The van der Waals surface area contributed by atoms with Gasteiger partial charge in [0.1, 0.15) is 12.2 Å². The molecule has 1 fully saturated rings. The Morgan fingerprint density at radius 2 is 1.82 bits per heavy atom. The molecule has 0 spiro atoms. The zero-order valence-electron chi connectivity index (χ0n) is 6.53. The van der Waals surface area contributed by atoms with Crippen LogP contribution < -0.4 is 0 Å². The van der Waals surface area contributed by atoms with Gasteiger partial charge in [0.25, 0.3) is 0 Å². The summed E-state index contributed by atoms with van der Waals surface area (Å²) < 4.78 is 9.51. The number of hydrogen-bond acceptors (Lipinski definition) is 3. The fraction of sp³-hybridized carbons (Fsp3) is 0.625. The number of carbonyl (C=O) groups is 1. The van der Waals surface area contributed by atoms with Crippen LogP contribution in [0.25, 0.3) is 0 Å². The number of cyclic esters (lactones) is 2. The topological polar surface area (TPSA) is 35.5 Å². The molecule has 0 N–H and O–H groups in total. The van der Waals surface area contributed by atoms with Crippen LogP contribution in [-0.4, -0.2) is 18.4 Å². The maximum absolute atomic E-state index is 10.6. The molecule has 0 amide bonds. The summed E-state index contributed by atoms with van der Waals surface area (Å²) in [7, 11) is 0. The molecule has 1 rings (SSSR count). The normalized spacial score (nSPS) is 36.8. The number of terminal acetylenes is 1. The molecular formula is C8H10O3. The molecule has 0 aliphatic carbocycles. The van der Waals surface area contributed by atoms with Crippen LogP contribution in [0, 0.1) is 18.3 Å². The summed E-state index contributed by atoms with van der Waals surface area (Å²) in [5.41, 5.74) is 0. The lowest BCUT2D eigenvalue weighted by atomic mass is 9.98. The Kier molecular flexibility index (Phi) is 2.04. The number of rotatable bonds is 0. The van der Waals surface area contributed by atoms with Crippen molar-refractivity contribution in [3.63, 3.8) is 0 Å². The molecule has 0 radical (unpaired) electrons. The summed E-state index contributed by atoms with van der Waals surface area (Å²) in [4.78, 5) is 10.6. The van der Waals surface area contributed by atoms with Gasteiger partial charge in [0.2, 0.25) is 0 Å². The van der Waals surface area contributed by atoms with E-state index in [-0.39, 0.29) is 18.1 Å². The first-order valence-electron chi connectivity index (χ1n) is 3.48. The van der Waals surface area contributed by atoms with E-state index < -0.39 is 6.16 Å². The smallest absolute Gasteiger partial charge is 0.430 e. The molecule has 2 atom stereocenters. The number of hydrogen-bond donors (Lipinski definition) is 0. The zero-order valence-corrected chi connectivity index (χ0v) is 6.53. The molecule has 0 aromatic carbocycles. The molecule has 3 nitrogen and oxygen atoms in total. The van der Waals surface area contributed by atoms with Crippen molar-refractivity contribution in [2.24, 2.45) is 5.92 Å². The summed E-state index contributed by atoms with van der Waals surface area (Å²) >= 11 is 0. The Balaban J connectivity index is 2.68. The fourth-order valence-electron chi connectivity index (χ4n) is 1.13. The third-order valence-electron chi connectivity index (χ3n) is 1.77. The SMILES string of the molecule is C#CC1C(C)OC(=O)OC1C. The maximum atomic E-state index is 10.6. The average molecular weight is 154 g/mol. The van der Waals surface area contributed by atoms with Gasteiger partial charge in [0, 0.05) is 0 Å². The second-order valence-corrected chi connectivity index (χ2v) is 2.59. The third kappa shape index (κ3) is 1.45. The van der Waals surface area contributed by atoms with E-state index in [0.29, 0.717) is 0 Å². The van der Waals surface area contributed by atoms with Crippen LogP contribution in [0.3, 0.4) is 0 Å². The van der Waals surface area contributed by atoms with E-state index in [1.54, 1.807) is 13.8 Å². The van der Waals surface area contributed by atoms with Crippen molar-refractivity contribution in [1.82, 2.24) is 0 Å². The lowest BCUT2D eigenvalue weighted by Gasteiger charge is -2.29. The predicted octanol–water partition coefficient (Wildman–Crippen LogP) is 1.18. The molecule has 60 valence electrons. The summed E-state index contributed by atoms with van der Waals surface area (Å²) in [6.45, 7) is 3.53. The van der Waals surface area contributed by atoms with E-state index in [1.807, 2.05) is 0 Å². The fourth-order valence-corrected chi connectivity index (χ4v) is 1.13. The van der Waals surface area contributed by atoms with Crippen molar-refractivity contribution < 1.29 is 14.3 Å². The molecule has 1 heterocycles. The van der Waals surface area contributed by atoms with Gasteiger partial charge in [0.05, 0.1) is 5.92 Å². The Labute approximate surface area is 65.7 Å². The van der Waals surface area contributed by atoms with Crippen LogP contribution in [0.2, 0.25) is 0 Å². The van der Waals surface area contributed by atoms with Gasteiger partial charge in [-0.05, 0) is 13.8 Å². The molecule has 0 bridgehead atoms. The third-order valence-corrected chi connectivity index (χ3v) is 1.77. The highest BCUT2D eigenvalue weighted by Crippen LogP contribution is 2.20. The average Bonchev–Trinajstić information content (AvgIpc) is 1.85. The van der Waals surface area contributed by atoms with Crippen LogP contribution in [0.4, 0.5) is 4.79 Å². The molecule has 11 heavy (non-hydrogen) atoms. The Bertz CT molecular complexity index is 190. The minimum absolute atomic E-state index is 0.132. The lowest BCUT2D eigenvalue weighted by molar-refractivity contribution is -0.0701. The second-order valence-electron chi connectivity index (χ2n) is 2.59. The summed E-state index contributed by atoms with van der Waals surface area (Å²) in [5, 5.41) is 0. The van der Waals surface area contributed by atoms with Gasteiger partial charge in [-0.2, -0.15) is 0 Å². The second kappa shape index (κ2) is 2.83. The number of ether oxygens (including phenoxy) is 2. The number of carbonyl (C=O) groups excluding carboxylic acids is 1. The van der Waals surface area contributed by atoms with Crippen molar-refractivity contribution >= 4 is 6.16 Å². The van der Waals surface area contributed by atoms with Crippen LogP contribution in [-0.2, 0) is 9.47 Å². The van der Waals surface area contributed by atoms with E-state index in [4.69, 9.17) is 15.9 Å². The molecule has 1 aliphatic rings. The maximum Gasteiger partial charge on any atom is 0.508 e. The molecule has 3 heteroatoms. The molecular weight excluding hydrogens is 144 g/mol. The molecule has 0 saturated carbocycles. The van der Waals surface area contributed by atoms with Gasteiger partial charge in [-0.3, -0.25) is 0 Å². The van der Waals surface area contributed by atoms with Crippen molar-refractivity contribution in [2.45, 2.75) is 26.1 Å². The minimum Gasteiger partial charge on any atom is -0.430 e. The predicted molar refractivity (Wildman–Crippen MR) is 38.8 cm³/mol. The van der Waals surface area contributed by atoms with Gasteiger partial charge in [-0.1, -0.05) is 5.92 Å². The quantitative estimate of drug-likeness (QED) is 0.388. The van der Waals surface area contributed by atoms with E-state index in [2.05, 4.69) is 5.92 Å². The summed E-state index contributed by atoms with van der Waals surface area (Å²) in [6.07, 6.45) is 4.10. The van der Waals surface area contributed by atoms with Crippen LogP contribution in [0.15, 0.2) is 0 Å². The first-order valence-corrected chi connectivity index (χ1v) is 3.48. The monoisotopic (exact) mass is 154 g/mol. The largest absolute Gasteiger partial charge is 0.508 e. The van der Waals surface area contributed by atoms with Gasteiger partial charge in [0.15, 0.2) is 0 Å². The molecule has 1 saturated heterocycles. The summed E-state index contributed by atoms with van der Waals surface area (Å²) in [5.74, 6) is 2.39. The molecule has 0 aromatic heterocycles. The van der Waals surface area contributed by atoms with Crippen LogP contribution >= 0.6 is 0 Å². The van der Waals surface area contributed by atoms with Crippen LogP contribution in [0.5, 0.6) is 0 Å². The van der Waals surface area contributed by atoms with Crippen molar-refractivity contribution in [2.75, 3.05) is 0 Å². The van der Waals surface area contributed by atoms with Gasteiger partial charge < -0.3 is 9.47 Å². The van der Waals surface area contributed by atoms with Crippen LogP contribution in [0.1, 0.15) is 13.8 Å².